The molecule has 2 heterocycles. The summed E-state index contributed by atoms with van der Waals surface area (Å²) >= 11 is 0. The number of hydrogen-bond acceptors (Lipinski definition) is 3. The summed E-state index contributed by atoms with van der Waals surface area (Å²) in [5, 5.41) is 0. The predicted octanol–water partition coefficient (Wildman–Crippen LogP) is 1.79. The molecule has 86 valence electrons. The van der Waals surface area contributed by atoms with Crippen molar-refractivity contribution in [2.24, 2.45) is 0 Å². The topological polar surface area (TPSA) is 42.1 Å². The minimum atomic E-state index is -0.411. The molecule has 2 saturated heterocycles. The average Bonchev–Trinajstić information content (AvgIpc) is 2.82. The van der Waals surface area contributed by atoms with Crippen molar-refractivity contribution in [2.75, 3.05) is 19.7 Å². The Kier molecular flexibility index (Phi) is 2.41. The molecule has 0 N–H and O–H groups in total. The van der Waals surface area contributed by atoms with E-state index in [2.05, 4.69) is 0 Å². The molecule has 0 radical (unpaired) electrons. The lowest BCUT2D eigenvalue weighted by atomic mass is 9.99. The van der Waals surface area contributed by atoms with Gasteiger partial charge < -0.3 is 14.4 Å². The number of rotatable bonds is 0. The van der Waals surface area contributed by atoms with E-state index < -0.39 is 5.60 Å². The highest BCUT2D eigenvalue weighted by Crippen LogP contribution is 2.36. The van der Waals surface area contributed by atoms with Gasteiger partial charge in [-0.05, 0) is 33.6 Å². The first-order chi connectivity index (χ1) is 6.90. The van der Waals surface area contributed by atoms with Gasteiger partial charge in [0.2, 0.25) is 0 Å². The number of carbonyl (C=O) groups is 1. The Morgan fingerprint density at radius 1 is 1.47 bits per heavy atom. The van der Waals surface area contributed by atoms with Crippen LogP contribution in [0, 0.1) is 0 Å². The highest BCUT2D eigenvalue weighted by Gasteiger charge is 2.49. The van der Waals surface area contributed by atoms with E-state index in [0.29, 0.717) is 6.54 Å². The summed E-state index contributed by atoms with van der Waals surface area (Å²) in [6, 6.07) is 0. The number of piperidine rings is 1. The van der Waals surface area contributed by atoms with Crippen LogP contribution in [0.15, 0.2) is 0 Å². The molecule has 0 aromatic rings. The summed E-state index contributed by atoms with van der Waals surface area (Å²) in [5.74, 6) is 0. The largest absolute Gasteiger partial charge is 0.444 e. The quantitative estimate of drug-likeness (QED) is 0.576. The second-order valence-electron chi connectivity index (χ2n) is 5.48. The van der Waals surface area contributed by atoms with Crippen molar-refractivity contribution in [1.29, 1.82) is 0 Å². The molecule has 0 bridgehead atoms. The number of nitrogens with zero attached hydrogens (tertiary/aromatic N) is 1. The van der Waals surface area contributed by atoms with Crippen LogP contribution in [0.1, 0.15) is 33.6 Å². The van der Waals surface area contributed by atoms with Crippen LogP contribution < -0.4 is 0 Å². The molecule has 4 heteroatoms. The van der Waals surface area contributed by atoms with Crippen LogP contribution in [0.3, 0.4) is 0 Å². The minimum Gasteiger partial charge on any atom is -0.444 e. The molecule has 15 heavy (non-hydrogen) atoms. The fraction of sp³-hybridized carbons (Fsp3) is 0.909. The Labute approximate surface area is 90.5 Å². The maximum Gasteiger partial charge on any atom is 0.410 e. The van der Waals surface area contributed by atoms with Gasteiger partial charge in [0.05, 0.1) is 13.2 Å². The molecule has 2 aliphatic rings. The fourth-order valence-corrected chi connectivity index (χ4v) is 1.92. The summed E-state index contributed by atoms with van der Waals surface area (Å²) in [4.78, 5) is 13.5. The van der Waals surface area contributed by atoms with E-state index in [4.69, 9.17) is 9.47 Å². The van der Waals surface area contributed by atoms with Gasteiger partial charge in [-0.25, -0.2) is 4.79 Å². The Balaban J connectivity index is 1.90. The van der Waals surface area contributed by atoms with Crippen molar-refractivity contribution >= 4 is 6.09 Å². The Hall–Kier alpha value is -0.770. The number of carbonyl (C=O) groups excluding carboxylic acids is 1. The van der Waals surface area contributed by atoms with Gasteiger partial charge in [0, 0.05) is 6.54 Å². The van der Waals surface area contributed by atoms with Crippen molar-refractivity contribution in [1.82, 2.24) is 4.90 Å². The zero-order valence-electron chi connectivity index (χ0n) is 9.71. The first-order valence-corrected chi connectivity index (χ1v) is 5.52. The van der Waals surface area contributed by atoms with Gasteiger partial charge >= 0.3 is 6.09 Å². The Bertz CT molecular complexity index is 265. The number of ether oxygens (including phenoxy) is 2. The van der Waals surface area contributed by atoms with Crippen LogP contribution in [-0.4, -0.2) is 41.9 Å². The molecule has 1 atom stereocenters. The lowest BCUT2D eigenvalue weighted by Gasteiger charge is -2.32. The van der Waals surface area contributed by atoms with Crippen molar-refractivity contribution in [3.05, 3.63) is 0 Å². The number of epoxide rings is 1. The first kappa shape index (κ1) is 10.7. The van der Waals surface area contributed by atoms with Gasteiger partial charge in [-0.1, -0.05) is 0 Å². The Morgan fingerprint density at radius 2 is 2.13 bits per heavy atom. The molecule has 0 aromatic carbocycles. The zero-order valence-corrected chi connectivity index (χ0v) is 9.71. The van der Waals surface area contributed by atoms with Crippen LogP contribution in [0.25, 0.3) is 0 Å². The van der Waals surface area contributed by atoms with E-state index >= 15 is 0 Å². The molecule has 4 nitrogen and oxygen atoms in total. The lowest BCUT2D eigenvalue weighted by molar-refractivity contribution is 0.0134. The van der Waals surface area contributed by atoms with Crippen molar-refractivity contribution in [3.63, 3.8) is 0 Å². The molecule has 0 saturated carbocycles. The summed E-state index contributed by atoms with van der Waals surface area (Å²) in [6.45, 7) is 7.95. The first-order valence-electron chi connectivity index (χ1n) is 5.52. The van der Waals surface area contributed by atoms with E-state index in [1.165, 1.54) is 0 Å². The van der Waals surface area contributed by atoms with Gasteiger partial charge in [-0.15, -0.1) is 0 Å². The van der Waals surface area contributed by atoms with Gasteiger partial charge in [-0.2, -0.15) is 0 Å². The molecule has 2 rings (SSSR count). The predicted molar refractivity (Wildman–Crippen MR) is 55.7 cm³/mol. The van der Waals surface area contributed by atoms with Crippen LogP contribution in [0.5, 0.6) is 0 Å². The third-order valence-electron chi connectivity index (χ3n) is 2.74. The summed E-state index contributed by atoms with van der Waals surface area (Å²) in [6.07, 6.45) is 1.88. The maximum absolute atomic E-state index is 11.8. The average molecular weight is 213 g/mol. The Morgan fingerprint density at radius 3 is 2.67 bits per heavy atom. The molecule has 2 fully saturated rings. The SMILES string of the molecule is CC(C)(C)OC(=O)N1CCC[C@@]2(CO2)C1. The van der Waals surface area contributed by atoms with Crippen molar-refractivity contribution in [2.45, 2.75) is 44.8 Å². The normalized spacial score (nSPS) is 30.5. The molecular formula is C11H19NO3. The van der Waals surface area contributed by atoms with Gasteiger partial charge in [-0.3, -0.25) is 0 Å². The highest BCUT2D eigenvalue weighted by atomic mass is 16.6. The monoisotopic (exact) mass is 213 g/mol. The second-order valence-corrected chi connectivity index (χ2v) is 5.48. The molecular weight excluding hydrogens is 194 g/mol. The zero-order chi connectivity index (χ0) is 11.1. The van der Waals surface area contributed by atoms with Gasteiger partial charge in [0.1, 0.15) is 11.2 Å². The summed E-state index contributed by atoms with van der Waals surface area (Å²) < 4.78 is 10.7. The van der Waals surface area contributed by atoms with Crippen LogP contribution in [0.2, 0.25) is 0 Å². The molecule has 2 aliphatic heterocycles. The van der Waals surface area contributed by atoms with E-state index in [-0.39, 0.29) is 11.7 Å². The van der Waals surface area contributed by atoms with E-state index in [9.17, 15) is 4.79 Å². The summed E-state index contributed by atoms with van der Waals surface area (Å²) in [7, 11) is 0. The van der Waals surface area contributed by atoms with Crippen LogP contribution >= 0.6 is 0 Å². The van der Waals surface area contributed by atoms with Gasteiger partial charge in [0.15, 0.2) is 0 Å². The van der Waals surface area contributed by atoms with Crippen LogP contribution in [-0.2, 0) is 9.47 Å². The number of likely N-dealkylation sites (tertiary alicyclic amines) is 1. The van der Waals surface area contributed by atoms with Gasteiger partial charge in [0.25, 0.3) is 0 Å². The highest BCUT2D eigenvalue weighted by molar-refractivity contribution is 5.68. The molecule has 0 unspecified atom stereocenters. The van der Waals surface area contributed by atoms with E-state index in [1.54, 1.807) is 4.90 Å². The third kappa shape index (κ3) is 2.62. The molecule has 0 aliphatic carbocycles. The molecule has 1 amide bonds. The van der Waals surface area contributed by atoms with Crippen LogP contribution in [0.4, 0.5) is 4.79 Å². The maximum atomic E-state index is 11.8. The molecule has 1 spiro atoms. The minimum absolute atomic E-state index is 0.0187. The number of amides is 1. The fourth-order valence-electron chi connectivity index (χ4n) is 1.92. The summed E-state index contributed by atoms with van der Waals surface area (Å²) in [5.41, 5.74) is -0.429. The second kappa shape index (κ2) is 3.37. The lowest BCUT2D eigenvalue weighted by Crippen LogP contribution is -2.46. The van der Waals surface area contributed by atoms with E-state index in [1.807, 2.05) is 20.8 Å². The van der Waals surface area contributed by atoms with E-state index in [0.717, 1.165) is 26.0 Å². The standard InChI is InChI=1S/C11H19NO3/c1-10(2,3)15-9(13)12-6-4-5-11(7-12)8-14-11/h4-8H2,1-3H3/t11-/m0/s1. The smallest absolute Gasteiger partial charge is 0.410 e. The van der Waals surface area contributed by atoms with Crippen molar-refractivity contribution in [3.8, 4) is 0 Å². The molecule has 0 aromatic heterocycles. The van der Waals surface area contributed by atoms with Crippen molar-refractivity contribution < 1.29 is 14.3 Å². The number of hydrogen-bond donors (Lipinski definition) is 0. The third-order valence-corrected chi connectivity index (χ3v) is 2.74.